The van der Waals surface area contributed by atoms with Crippen LogP contribution in [0.25, 0.3) is 0 Å². The Labute approximate surface area is 151 Å². The van der Waals surface area contributed by atoms with Crippen LogP contribution in [-0.4, -0.2) is 25.6 Å². The highest BCUT2D eigenvalue weighted by Crippen LogP contribution is 2.27. The molecule has 6 nitrogen and oxygen atoms in total. The minimum absolute atomic E-state index is 0.156. The first-order valence-electron chi connectivity index (χ1n) is 7.73. The molecule has 1 amide bonds. The predicted molar refractivity (Wildman–Crippen MR) is 98.3 cm³/mol. The highest BCUT2D eigenvalue weighted by atomic mass is 32.2. The molecule has 26 heavy (non-hydrogen) atoms. The second kappa shape index (κ2) is 7.37. The summed E-state index contributed by atoms with van der Waals surface area (Å²) >= 11 is 0. The lowest BCUT2D eigenvalue weighted by atomic mass is 10.2. The molecule has 0 radical (unpaired) electrons. The number of hydrogen-bond acceptors (Lipinski definition) is 5. The summed E-state index contributed by atoms with van der Waals surface area (Å²) in [6, 6.07) is 18.2. The van der Waals surface area contributed by atoms with Crippen LogP contribution >= 0.6 is 0 Å². The SMILES string of the molecule is CS(=O)(=O)c1ccc(C(=O)Nc2cccnc2Oc2ccccc2)cc1. The molecule has 0 aliphatic heterocycles. The molecule has 0 atom stereocenters. The van der Waals surface area contributed by atoms with Crippen LogP contribution in [0, 0.1) is 0 Å². The van der Waals surface area contributed by atoms with Crippen molar-refractivity contribution in [1.29, 1.82) is 0 Å². The van der Waals surface area contributed by atoms with E-state index < -0.39 is 15.7 Å². The summed E-state index contributed by atoms with van der Waals surface area (Å²) in [6.07, 6.45) is 2.68. The number of nitrogens with one attached hydrogen (secondary N) is 1. The Morgan fingerprint density at radius 3 is 2.31 bits per heavy atom. The number of carbonyl (C=O) groups excluding carboxylic acids is 1. The van der Waals surface area contributed by atoms with Gasteiger partial charge in [-0.1, -0.05) is 18.2 Å². The molecule has 3 aromatic rings. The lowest BCUT2D eigenvalue weighted by molar-refractivity contribution is 0.102. The van der Waals surface area contributed by atoms with Crippen molar-refractivity contribution in [2.24, 2.45) is 0 Å². The minimum atomic E-state index is -3.31. The van der Waals surface area contributed by atoms with Gasteiger partial charge in [-0.15, -0.1) is 0 Å². The topological polar surface area (TPSA) is 85.4 Å². The number of amides is 1. The van der Waals surface area contributed by atoms with Gasteiger partial charge >= 0.3 is 0 Å². The quantitative estimate of drug-likeness (QED) is 0.745. The Morgan fingerprint density at radius 2 is 1.65 bits per heavy atom. The largest absolute Gasteiger partial charge is 0.437 e. The second-order valence-electron chi connectivity index (χ2n) is 5.52. The Balaban J connectivity index is 1.79. The van der Waals surface area contributed by atoms with Gasteiger partial charge in [-0.05, 0) is 48.5 Å². The molecule has 0 spiro atoms. The summed E-state index contributed by atoms with van der Waals surface area (Å²) < 4.78 is 28.7. The lowest BCUT2D eigenvalue weighted by Gasteiger charge is -2.11. The summed E-state index contributed by atoms with van der Waals surface area (Å²) in [7, 11) is -3.31. The van der Waals surface area contributed by atoms with Gasteiger partial charge in [-0.2, -0.15) is 0 Å². The molecule has 1 heterocycles. The van der Waals surface area contributed by atoms with Gasteiger partial charge in [0.25, 0.3) is 5.91 Å². The van der Waals surface area contributed by atoms with Gasteiger partial charge < -0.3 is 10.1 Å². The van der Waals surface area contributed by atoms with Gasteiger partial charge in [0, 0.05) is 18.0 Å². The van der Waals surface area contributed by atoms with Crippen LogP contribution in [0.4, 0.5) is 5.69 Å². The standard InChI is InChI=1S/C19H16N2O4S/c1-26(23,24)16-11-9-14(10-12-16)18(22)21-17-8-5-13-20-19(17)25-15-6-3-2-4-7-15/h2-13H,1H3,(H,21,22). The van der Waals surface area contributed by atoms with Gasteiger partial charge in [-0.3, -0.25) is 4.79 Å². The maximum absolute atomic E-state index is 12.4. The number of pyridine rings is 1. The molecular formula is C19H16N2O4S. The van der Waals surface area contributed by atoms with Crippen molar-refractivity contribution in [3.05, 3.63) is 78.5 Å². The van der Waals surface area contributed by atoms with Gasteiger partial charge in [0.05, 0.1) is 4.90 Å². The number of aromatic nitrogens is 1. The van der Waals surface area contributed by atoms with Crippen LogP contribution in [-0.2, 0) is 9.84 Å². The Morgan fingerprint density at radius 1 is 0.962 bits per heavy atom. The third kappa shape index (κ3) is 4.25. The van der Waals surface area contributed by atoms with Crippen molar-refractivity contribution < 1.29 is 17.9 Å². The van der Waals surface area contributed by atoms with Crippen LogP contribution in [0.15, 0.2) is 77.8 Å². The maximum Gasteiger partial charge on any atom is 0.255 e. The molecule has 0 unspecified atom stereocenters. The van der Waals surface area contributed by atoms with E-state index in [1.54, 1.807) is 30.5 Å². The van der Waals surface area contributed by atoms with Crippen molar-refractivity contribution in [2.75, 3.05) is 11.6 Å². The van der Waals surface area contributed by atoms with E-state index in [-0.39, 0.29) is 10.8 Å². The molecular weight excluding hydrogens is 352 g/mol. The number of para-hydroxylation sites is 1. The Kier molecular flexibility index (Phi) is 4.99. The molecule has 1 N–H and O–H groups in total. The third-order valence-corrected chi connectivity index (χ3v) is 4.65. The molecule has 0 saturated heterocycles. The Hall–Kier alpha value is -3.19. The monoisotopic (exact) mass is 368 g/mol. The van der Waals surface area contributed by atoms with Crippen LogP contribution in [0.1, 0.15) is 10.4 Å². The molecule has 1 aromatic heterocycles. The molecule has 3 rings (SSSR count). The number of anilines is 1. The highest BCUT2D eigenvalue weighted by molar-refractivity contribution is 7.90. The zero-order valence-electron chi connectivity index (χ0n) is 13.9. The van der Waals surface area contributed by atoms with Crippen molar-refractivity contribution in [2.45, 2.75) is 4.90 Å². The first-order valence-corrected chi connectivity index (χ1v) is 9.62. The van der Waals surface area contributed by atoms with Gasteiger partial charge in [0.1, 0.15) is 11.4 Å². The molecule has 0 saturated carbocycles. The van der Waals surface area contributed by atoms with E-state index >= 15 is 0 Å². The highest BCUT2D eigenvalue weighted by Gasteiger charge is 2.13. The zero-order valence-corrected chi connectivity index (χ0v) is 14.7. The van der Waals surface area contributed by atoms with Crippen molar-refractivity contribution >= 4 is 21.4 Å². The van der Waals surface area contributed by atoms with Crippen molar-refractivity contribution in [1.82, 2.24) is 4.98 Å². The average molecular weight is 368 g/mol. The van der Waals surface area contributed by atoms with E-state index in [0.717, 1.165) is 6.26 Å². The van der Waals surface area contributed by atoms with Gasteiger partial charge in [0.15, 0.2) is 9.84 Å². The zero-order chi connectivity index (χ0) is 18.6. The fourth-order valence-corrected chi connectivity index (χ4v) is 2.85. The number of benzene rings is 2. The fourth-order valence-electron chi connectivity index (χ4n) is 2.22. The molecule has 2 aromatic carbocycles. The molecule has 0 aliphatic carbocycles. The normalized spacial score (nSPS) is 11.0. The van der Waals surface area contributed by atoms with Crippen LogP contribution < -0.4 is 10.1 Å². The number of hydrogen-bond donors (Lipinski definition) is 1. The summed E-state index contributed by atoms with van der Waals surface area (Å²) in [6.45, 7) is 0. The Bertz CT molecular complexity index is 1020. The summed E-state index contributed by atoms with van der Waals surface area (Å²) in [4.78, 5) is 16.7. The fraction of sp³-hybridized carbons (Fsp3) is 0.0526. The number of nitrogens with zero attached hydrogens (tertiary/aromatic N) is 1. The number of carbonyl (C=O) groups is 1. The lowest BCUT2D eigenvalue weighted by Crippen LogP contribution is -2.13. The maximum atomic E-state index is 12.4. The van der Waals surface area contributed by atoms with Crippen LogP contribution in [0.5, 0.6) is 11.6 Å². The average Bonchev–Trinajstić information content (AvgIpc) is 2.63. The second-order valence-corrected chi connectivity index (χ2v) is 7.54. The predicted octanol–water partition coefficient (Wildman–Crippen LogP) is 3.53. The molecule has 132 valence electrons. The molecule has 0 fully saturated rings. The van der Waals surface area contributed by atoms with E-state index in [9.17, 15) is 13.2 Å². The van der Waals surface area contributed by atoms with Gasteiger partial charge in [-0.25, -0.2) is 13.4 Å². The van der Waals surface area contributed by atoms with Crippen molar-refractivity contribution in [3.63, 3.8) is 0 Å². The molecule has 7 heteroatoms. The van der Waals surface area contributed by atoms with E-state index in [4.69, 9.17) is 4.74 Å². The van der Waals surface area contributed by atoms with Gasteiger partial charge in [0.2, 0.25) is 5.88 Å². The number of ether oxygens (including phenoxy) is 1. The van der Waals surface area contributed by atoms with Crippen LogP contribution in [0.3, 0.4) is 0 Å². The van der Waals surface area contributed by atoms with E-state index in [2.05, 4.69) is 10.3 Å². The number of rotatable bonds is 5. The van der Waals surface area contributed by atoms with E-state index in [1.165, 1.54) is 24.3 Å². The first kappa shape index (κ1) is 17.6. The smallest absolute Gasteiger partial charge is 0.255 e. The summed E-state index contributed by atoms with van der Waals surface area (Å²) in [5.41, 5.74) is 0.737. The van der Waals surface area contributed by atoms with Crippen molar-refractivity contribution in [3.8, 4) is 11.6 Å². The van der Waals surface area contributed by atoms with E-state index in [1.807, 2.05) is 18.2 Å². The number of sulfone groups is 1. The summed E-state index contributed by atoms with van der Waals surface area (Å²) in [5.74, 6) is 0.468. The van der Waals surface area contributed by atoms with Crippen LogP contribution in [0.2, 0.25) is 0 Å². The summed E-state index contributed by atoms with van der Waals surface area (Å²) in [5, 5.41) is 2.73. The van der Waals surface area contributed by atoms with E-state index in [0.29, 0.717) is 17.0 Å². The molecule has 0 bridgehead atoms. The minimum Gasteiger partial charge on any atom is -0.437 e. The molecule has 0 aliphatic rings. The third-order valence-electron chi connectivity index (χ3n) is 3.52. The first-order chi connectivity index (χ1) is 12.4.